The van der Waals surface area contributed by atoms with Gasteiger partial charge in [-0.1, -0.05) is 25.0 Å². The van der Waals surface area contributed by atoms with Gasteiger partial charge in [0.2, 0.25) is 10.0 Å². The van der Waals surface area contributed by atoms with Gasteiger partial charge in [-0.15, -0.1) is 0 Å². The van der Waals surface area contributed by atoms with Crippen LogP contribution in [-0.4, -0.2) is 62.9 Å². The number of carbonyl (C=O) groups excluding carboxylic acids is 2. The quantitative estimate of drug-likeness (QED) is 0.610. The van der Waals surface area contributed by atoms with E-state index in [9.17, 15) is 22.4 Å². The minimum Gasteiger partial charge on any atom is -0.335 e. The molecule has 0 spiro atoms. The van der Waals surface area contributed by atoms with Crippen LogP contribution in [-0.2, 0) is 14.8 Å². The molecule has 1 saturated heterocycles. The molecule has 0 bridgehead atoms. The Balaban J connectivity index is 1.52. The predicted octanol–water partition coefficient (Wildman–Crippen LogP) is -0.128. The van der Waals surface area contributed by atoms with Crippen LogP contribution in [0.2, 0.25) is 0 Å². The van der Waals surface area contributed by atoms with E-state index in [1.807, 2.05) is 0 Å². The molecule has 0 aromatic heterocycles. The van der Waals surface area contributed by atoms with E-state index in [2.05, 4.69) is 10.6 Å². The van der Waals surface area contributed by atoms with Gasteiger partial charge in [-0.3, -0.25) is 10.1 Å². The van der Waals surface area contributed by atoms with Crippen molar-refractivity contribution in [3.8, 4) is 0 Å². The third kappa shape index (κ3) is 5.12. The molecule has 2 fully saturated rings. The molecule has 8 nitrogen and oxygen atoms in total. The average molecular weight is 428 g/mol. The van der Waals surface area contributed by atoms with Crippen molar-refractivity contribution in [3.05, 3.63) is 30.1 Å². The molecule has 160 valence electrons. The van der Waals surface area contributed by atoms with E-state index in [4.69, 9.17) is 0 Å². The fourth-order valence-electron chi connectivity index (χ4n) is 3.94. The van der Waals surface area contributed by atoms with Gasteiger partial charge in [-0.05, 0) is 31.9 Å². The van der Waals surface area contributed by atoms with Crippen LogP contribution in [0.3, 0.4) is 0 Å². The number of rotatable bonds is 5. The Morgan fingerprint density at radius 3 is 2.41 bits per heavy atom. The Morgan fingerprint density at radius 2 is 1.79 bits per heavy atom. The van der Waals surface area contributed by atoms with Crippen molar-refractivity contribution in [2.24, 2.45) is 0 Å². The Kier molecular flexibility index (Phi) is 6.86. The fraction of sp³-hybridized carbons (Fsp3) is 0.579. The number of benzene rings is 1. The number of imide groups is 1. The highest BCUT2D eigenvalue weighted by Crippen LogP contribution is 2.19. The molecule has 0 unspecified atom stereocenters. The predicted molar refractivity (Wildman–Crippen MR) is 104 cm³/mol. The summed E-state index contributed by atoms with van der Waals surface area (Å²) in [6.45, 7) is 2.86. The van der Waals surface area contributed by atoms with E-state index in [1.165, 1.54) is 22.5 Å². The van der Waals surface area contributed by atoms with E-state index in [0.29, 0.717) is 13.1 Å². The topological polar surface area (TPSA) is 100 Å². The number of quaternary nitrogens is 1. The molecule has 0 radical (unpaired) electrons. The van der Waals surface area contributed by atoms with Gasteiger partial charge in [0.25, 0.3) is 5.91 Å². The van der Waals surface area contributed by atoms with Crippen molar-refractivity contribution < 1.29 is 27.3 Å². The first-order valence-corrected chi connectivity index (χ1v) is 11.4. The first-order chi connectivity index (χ1) is 13.8. The minimum absolute atomic E-state index is 0.123. The lowest BCUT2D eigenvalue weighted by Gasteiger charge is -2.34. The molecule has 1 aliphatic carbocycles. The van der Waals surface area contributed by atoms with Crippen LogP contribution in [0.25, 0.3) is 0 Å². The highest BCUT2D eigenvalue weighted by Gasteiger charge is 2.36. The molecule has 3 N–H and O–H groups in total. The average Bonchev–Trinajstić information content (AvgIpc) is 3.20. The summed E-state index contributed by atoms with van der Waals surface area (Å²) in [6, 6.07) is 4.45. The lowest BCUT2D eigenvalue weighted by molar-refractivity contribution is -0.917. The van der Waals surface area contributed by atoms with Gasteiger partial charge in [-0.2, -0.15) is 4.31 Å². The van der Waals surface area contributed by atoms with Crippen LogP contribution in [0, 0.1) is 5.82 Å². The second-order valence-electron chi connectivity index (χ2n) is 7.66. The number of amides is 3. The van der Waals surface area contributed by atoms with E-state index >= 15 is 0 Å². The molecule has 1 heterocycles. The summed E-state index contributed by atoms with van der Waals surface area (Å²) in [4.78, 5) is 24.9. The third-order valence-electron chi connectivity index (χ3n) is 5.75. The van der Waals surface area contributed by atoms with E-state index < -0.39 is 27.9 Å². The number of nitrogens with one attached hydrogen (secondary N) is 3. The summed E-state index contributed by atoms with van der Waals surface area (Å²) in [7, 11) is -3.91. The Morgan fingerprint density at radius 1 is 1.17 bits per heavy atom. The molecule has 1 aliphatic heterocycles. The molecule has 3 amide bonds. The standard InChI is InChI=1S/C19H27FN4O4S/c1-14(18(25)22-19(26)21-15-6-2-3-7-15)23-10-12-24(13-11-23)29(27,28)17-9-5-4-8-16(17)20/h4-5,8-9,14-15H,2-3,6-7,10-13H2,1H3,(H2,21,22,25,26)/p+1/t14-/m0/s1. The molecule has 1 aromatic carbocycles. The second-order valence-corrected chi connectivity index (χ2v) is 9.56. The molecule has 1 aromatic rings. The van der Waals surface area contributed by atoms with E-state index in [0.717, 1.165) is 36.6 Å². The van der Waals surface area contributed by atoms with Crippen LogP contribution in [0.4, 0.5) is 9.18 Å². The zero-order valence-electron chi connectivity index (χ0n) is 16.5. The number of hydrogen-bond acceptors (Lipinski definition) is 4. The summed E-state index contributed by atoms with van der Waals surface area (Å²) in [5.74, 6) is -1.16. The molecular formula is C19H28FN4O4S+. The summed E-state index contributed by atoms with van der Waals surface area (Å²) in [6.07, 6.45) is 4.03. The zero-order chi connectivity index (χ0) is 21.0. The summed E-state index contributed by atoms with van der Waals surface area (Å²) in [5, 5.41) is 5.20. The molecule has 10 heteroatoms. The number of piperazine rings is 1. The maximum Gasteiger partial charge on any atom is 0.321 e. The molecule has 29 heavy (non-hydrogen) atoms. The lowest BCUT2D eigenvalue weighted by atomic mass is 10.2. The molecular weight excluding hydrogens is 399 g/mol. The van der Waals surface area contributed by atoms with Crippen LogP contribution in [0.1, 0.15) is 32.6 Å². The summed E-state index contributed by atoms with van der Waals surface area (Å²) >= 11 is 0. The lowest BCUT2D eigenvalue weighted by Crippen LogP contribution is -3.19. The van der Waals surface area contributed by atoms with Crippen molar-refractivity contribution >= 4 is 22.0 Å². The molecule has 3 rings (SSSR count). The van der Waals surface area contributed by atoms with E-state index in [1.54, 1.807) is 6.92 Å². The first-order valence-electron chi connectivity index (χ1n) is 9.99. The van der Waals surface area contributed by atoms with Crippen LogP contribution >= 0.6 is 0 Å². The van der Waals surface area contributed by atoms with Crippen molar-refractivity contribution in [1.82, 2.24) is 14.9 Å². The number of nitrogens with zero attached hydrogens (tertiary/aromatic N) is 1. The number of sulfonamides is 1. The monoisotopic (exact) mass is 427 g/mol. The van der Waals surface area contributed by atoms with Crippen molar-refractivity contribution in [2.75, 3.05) is 26.2 Å². The van der Waals surface area contributed by atoms with Crippen molar-refractivity contribution in [1.29, 1.82) is 0 Å². The number of hydrogen-bond donors (Lipinski definition) is 3. The van der Waals surface area contributed by atoms with Gasteiger partial charge < -0.3 is 10.2 Å². The molecule has 1 atom stereocenters. The van der Waals surface area contributed by atoms with Gasteiger partial charge in [-0.25, -0.2) is 17.6 Å². The summed E-state index contributed by atoms with van der Waals surface area (Å²) in [5.41, 5.74) is 0. The van der Waals surface area contributed by atoms with Gasteiger partial charge in [0.15, 0.2) is 6.04 Å². The third-order valence-corrected chi connectivity index (χ3v) is 7.68. The Hall–Kier alpha value is -2.04. The van der Waals surface area contributed by atoms with Crippen molar-refractivity contribution in [3.63, 3.8) is 0 Å². The molecule has 2 aliphatic rings. The van der Waals surface area contributed by atoms with Gasteiger partial charge in [0.05, 0.1) is 26.2 Å². The van der Waals surface area contributed by atoms with Crippen molar-refractivity contribution in [2.45, 2.75) is 49.6 Å². The molecule has 1 saturated carbocycles. The van der Waals surface area contributed by atoms with E-state index in [-0.39, 0.29) is 29.9 Å². The zero-order valence-corrected chi connectivity index (χ0v) is 17.3. The highest BCUT2D eigenvalue weighted by atomic mass is 32.2. The van der Waals surface area contributed by atoms with Gasteiger partial charge in [0.1, 0.15) is 10.7 Å². The Labute approximate surface area is 170 Å². The smallest absolute Gasteiger partial charge is 0.321 e. The largest absolute Gasteiger partial charge is 0.335 e. The maximum absolute atomic E-state index is 13.9. The second kappa shape index (κ2) is 9.19. The summed E-state index contributed by atoms with van der Waals surface area (Å²) < 4.78 is 40.5. The van der Waals surface area contributed by atoms with Gasteiger partial charge in [0, 0.05) is 6.04 Å². The highest BCUT2D eigenvalue weighted by molar-refractivity contribution is 7.89. The maximum atomic E-state index is 13.9. The number of carbonyl (C=O) groups is 2. The fourth-order valence-corrected chi connectivity index (χ4v) is 5.44. The first kappa shape index (κ1) is 21.7. The normalized spacial score (nSPS) is 20.3. The van der Waals surface area contributed by atoms with Crippen LogP contribution in [0.15, 0.2) is 29.2 Å². The SMILES string of the molecule is C[C@@H](C(=O)NC(=O)NC1CCCC1)[NH+]1CCN(S(=O)(=O)c2ccccc2F)CC1. The van der Waals surface area contributed by atoms with Crippen LogP contribution in [0.5, 0.6) is 0 Å². The van der Waals surface area contributed by atoms with Crippen LogP contribution < -0.4 is 15.5 Å². The number of halogens is 1. The number of urea groups is 1. The Bertz CT molecular complexity index is 850. The van der Waals surface area contributed by atoms with Gasteiger partial charge >= 0.3 is 6.03 Å². The minimum atomic E-state index is -3.91.